The van der Waals surface area contributed by atoms with E-state index in [-0.39, 0.29) is 0 Å². The molecule has 0 unspecified atom stereocenters. The van der Waals surface area contributed by atoms with Gasteiger partial charge in [0.25, 0.3) is 0 Å². The molecule has 16 heavy (non-hydrogen) atoms. The van der Waals surface area contributed by atoms with Gasteiger partial charge in [-0.1, -0.05) is 11.8 Å². The minimum Gasteiger partial charge on any atom is -0.336 e. The third-order valence-electron chi connectivity index (χ3n) is 3.00. The van der Waals surface area contributed by atoms with Gasteiger partial charge in [-0.15, -0.1) is 33.4 Å². The summed E-state index contributed by atoms with van der Waals surface area (Å²) in [5.74, 6) is 8.55. The first-order valence-corrected chi connectivity index (χ1v) is 7.03. The van der Waals surface area contributed by atoms with Gasteiger partial charge in [0, 0.05) is 17.6 Å². The molecule has 2 N–H and O–H groups in total. The van der Waals surface area contributed by atoms with Crippen molar-refractivity contribution < 1.29 is 0 Å². The van der Waals surface area contributed by atoms with Gasteiger partial charge in [0.2, 0.25) is 5.16 Å². The molecule has 2 aliphatic carbocycles. The lowest BCUT2D eigenvalue weighted by molar-refractivity contribution is 0.788. The number of nitrogens with two attached hydrogens (primary N) is 1. The fraction of sp³-hybridized carbons (Fsp3) is 0.778. The van der Waals surface area contributed by atoms with E-state index >= 15 is 0 Å². The van der Waals surface area contributed by atoms with Crippen LogP contribution < -0.4 is 5.84 Å². The van der Waals surface area contributed by atoms with E-state index in [0.717, 1.165) is 23.2 Å². The highest BCUT2D eigenvalue weighted by Gasteiger charge is 2.51. The predicted molar refractivity (Wildman–Crippen MR) is 65.4 cm³/mol. The summed E-state index contributed by atoms with van der Waals surface area (Å²) in [6.07, 6.45) is 3.21. The zero-order valence-corrected chi connectivity index (χ0v) is 10.9. The summed E-state index contributed by atoms with van der Waals surface area (Å²) in [6, 6.07) is 0. The van der Waals surface area contributed by atoms with Crippen LogP contribution in [0.3, 0.4) is 0 Å². The van der Waals surface area contributed by atoms with E-state index in [1.807, 2.05) is 0 Å². The number of hydrogen-bond acceptors (Lipinski definition) is 4. The molecule has 4 nitrogen and oxygen atoms in total. The molecule has 0 radical (unpaired) electrons. The first-order valence-electron chi connectivity index (χ1n) is 5.29. The lowest BCUT2D eigenvalue weighted by Gasteiger charge is -2.02. The Morgan fingerprint density at radius 3 is 2.69 bits per heavy atom. The lowest BCUT2D eigenvalue weighted by Crippen LogP contribution is -2.13. The number of halogens is 2. The van der Waals surface area contributed by atoms with Crippen LogP contribution in [-0.2, 0) is 0 Å². The SMILES string of the molecule is Nn1c(SC[C@H]2CC2(Cl)Cl)nnc1C1CC1. The summed E-state index contributed by atoms with van der Waals surface area (Å²) >= 11 is 13.5. The Hall–Kier alpha value is -0.130. The standard InChI is InChI=1S/C9H12Cl2N4S/c10-9(11)3-6(9)4-16-8-14-13-7(15(8)12)5-1-2-5/h5-6H,1-4,12H2/t6-/m1/s1. The summed E-state index contributed by atoms with van der Waals surface area (Å²) < 4.78 is 1.08. The Morgan fingerprint density at radius 2 is 2.12 bits per heavy atom. The molecule has 2 fully saturated rings. The first-order chi connectivity index (χ1) is 7.58. The fourth-order valence-electron chi connectivity index (χ4n) is 1.63. The molecule has 2 aliphatic rings. The molecule has 0 bridgehead atoms. The molecule has 1 aromatic heterocycles. The van der Waals surface area contributed by atoms with Gasteiger partial charge in [-0.2, -0.15) is 0 Å². The van der Waals surface area contributed by atoms with E-state index in [1.54, 1.807) is 16.4 Å². The Kier molecular flexibility index (Phi) is 2.53. The summed E-state index contributed by atoms with van der Waals surface area (Å²) in [6.45, 7) is 0. The fourth-order valence-corrected chi connectivity index (χ4v) is 3.43. The molecule has 0 amide bonds. The first kappa shape index (κ1) is 11.0. The van der Waals surface area contributed by atoms with E-state index in [1.165, 1.54) is 12.8 Å². The topological polar surface area (TPSA) is 56.7 Å². The van der Waals surface area contributed by atoms with Gasteiger partial charge in [-0.05, 0) is 19.3 Å². The summed E-state index contributed by atoms with van der Waals surface area (Å²) in [7, 11) is 0. The molecule has 1 heterocycles. The summed E-state index contributed by atoms with van der Waals surface area (Å²) in [5, 5.41) is 8.96. The number of alkyl halides is 2. The number of hydrogen-bond donors (Lipinski definition) is 1. The molecular weight excluding hydrogens is 267 g/mol. The number of rotatable bonds is 4. The smallest absolute Gasteiger partial charge is 0.209 e. The van der Waals surface area contributed by atoms with Crippen LogP contribution in [0.5, 0.6) is 0 Å². The third-order valence-corrected chi connectivity index (χ3v) is 5.03. The quantitative estimate of drug-likeness (QED) is 0.521. The molecule has 88 valence electrons. The summed E-state index contributed by atoms with van der Waals surface area (Å²) in [4.78, 5) is 0. The number of thioether (sulfide) groups is 1. The maximum absolute atomic E-state index is 5.96. The van der Waals surface area contributed by atoms with E-state index in [2.05, 4.69) is 10.2 Å². The molecule has 2 saturated carbocycles. The van der Waals surface area contributed by atoms with E-state index in [9.17, 15) is 0 Å². The maximum atomic E-state index is 5.96. The molecule has 0 aromatic carbocycles. The molecule has 1 aromatic rings. The van der Waals surface area contributed by atoms with E-state index in [0.29, 0.717) is 11.8 Å². The Bertz CT molecular complexity index is 416. The zero-order valence-electron chi connectivity index (χ0n) is 8.57. The second kappa shape index (κ2) is 3.68. The number of nitrogens with zero attached hydrogens (tertiary/aromatic N) is 3. The van der Waals surface area contributed by atoms with Crippen molar-refractivity contribution in [2.24, 2.45) is 5.92 Å². The van der Waals surface area contributed by atoms with Gasteiger partial charge in [0.05, 0.1) is 0 Å². The number of aromatic nitrogens is 3. The Labute approximate surface area is 108 Å². The monoisotopic (exact) mass is 278 g/mol. The van der Waals surface area contributed by atoms with Gasteiger partial charge >= 0.3 is 0 Å². The highest BCUT2D eigenvalue weighted by Crippen LogP contribution is 2.54. The highest BCUT2D eigenvalue weighted by molar-refractivity contribution is 7.99. The Morgan fingerprint density at radius 1 is 1.44 bits per heavy atom. The maximum Gasteiger partial charge on any atom is 0.209 e. The van der Waals surface area contributed by atoms with Crippen molar-refractivity contribution in [2.45, 2.75) is 34.7 Å². The van der Waals surface area contributed by atoms with Crippen LogP contribution in [-0.4, -0.2) is 25.0 Å². The molecule has 3 rings (SSSR count). The van der Waals surface area contributed by atoms with Crippen molar-refractivity contribution in [3.8, 4) is 0 Å². The van der Waals surface area contributed by atoms with Crippen molar-refractivity contribution in [3.63, 3.8) is 0 Å². The minimum absolute atomic E-state index is 0.349. The second-order valence-electron chi connectivity index (χ2n) is 4.46. The molecule has 0 saturated heterocycles. The van der Waals surface area contributed by atoms with Gasteiger partial charge in [0.15, 0.2) is 5.82 Å². The van der Waals surface area contributed by atoms with Gasteiger partial charge in [-0.25, -0.2) is 4.68 Å². The van der Waals surface area contributed by atoms with Crippen LogP contribution in [0, 0.1) is 5.92 Å². The molecular formula is C9H12Cl2N4S. The van der Waals surface area contributed by atoms with Gasteiger partial charge < -0.3 is 5.84 Å². The van der Waals surface area contributed by atoms with Gasteiger partial charge in [0.1, 0.15) is 4.33 Å². The second-order valence-corrected chi connectivity index (χ2v) is 6.99. The normalized spacial score (nSPS) is 27.0. The molecule has 1 atom stereocenters. The van der Waals surface area contributed by atoms with Crippen molar-refractivity contribution in [1.82, 2.24) is 14.9 Å². The highest BCUT2D eigenvalue weighted by atomic mass is 35.5. The van der Waals surface area contributed by atoms with Crippen molar-refractivity contribution in [3.05, 3.63) is 5.82 Å². The summed E-state index contributed by atoms with van der Waals surface area (Å²) in [5.41, 5.74) is 0. The zero-order chi connectivity index (χ0) is 11.3. The van der Waals surface area contributed by atoms with Crippen LogP contribution in [0.15, 0.2) is 5.16 Å². The molecule has 7 heteroatoms. The largest absolute Gasteiger partial charge is 0.336 e. The van der Waals surface area contributed by atoms with Crippen LogP contribution in [0.2, 0.25) is 0 Å². The van der Waals surface area contributed by atoms with Crippen LogP contribution in [0.1, 0.15) is 31.0 Å². The molecule has 0 spiro atoms. The van der Waals surface area contributed by atoms with E-state index in [4.69, 9.17) is 29.0 Å². The molecule has 0 aliphatic heterocycles. The van der Waals surface area contributed by atoms with Crippen LogP contribution >= 0.6 is 35.0 Å². The van der Waals surface area contributed by atoms with Crippen LogP contribution in [0.4, 0.5) is 0 Å². The van der Waals surface area contributed by atoms with Crippen LogP contribution in [0.25, 0.3) is 0 Å². The average molecular weight is 279 g/mol. The lowest BCUT2D eigenvalue weighted by atomic mass is 10.4. The van der Waals surface area contributed by atoms with Gasteiger partial charge in [-0.3, -0.25) is 0 Å². The van der Waals surface area contributed by atoms with Crippen molar-refractivity contribution >= 4 is 35.0 Å². The average Bonchev–Trinajstić information content (AvgIpc) is 3.10. The minimum atomic E-state index is -0.522. The number of nitrogen functional groups attached to an aromatic ring is 1. The van der Waals surface area contributed by atoms with Crippen molar-refractivity contribution in [1.29, 1.82) is 0 Å². The predicted octanol–water partition coefficient (Wildman–Crippen LogP) is 2.16. The van der Waals surface area contributed by atoms with Crippen molar-refractivity contribution in [2.75, 3.05) is 11.6 Å². The third kappa shape index (κ3) is 2.00. The van der Waals surface area contributed by atoms with E-state index < -0.39 is 4.33 Å². The Balaban J connectivity index is 1.62.